The molecule has 0 heterocycles. The van der Waals surface area contributed by atoms with Gasteiger partial charge in [-0.25, -0.2) is 0 Å². The van der Waals surface area contributed by atoms with Gasteiger partial charge in [-0.15, -0.1) is 0 Å². The van der Waals surface area contributed by atoms with Crippen LogP contribution in [0.4, 0.5) is 0 Å². The van der Waals surface area contributed by atoms with Crippen molar-refractivity contribution in [3.05, 3.63) is 35.9 Å². The molecule has 1 aromatic carbocycles. The second-order valence-electron chi connectivity index (χ2n) is 5.48. The molecule has 4 nitrogen and oxygen atoms in total. The van der Waals surface area contributed by atoms with E-state index in [1.807, 2.05) is 30.3 Å². The average Bonchev–Trinajstić information content (AvgIpc) is 2.28. The van der Waals surface area contributed by atoms with E-state index in [4.69, 9.17) is 0 Å². The molecule has 0 saturated heterocycles. The fraction of sp³-hybridized carbons (Fsp3) is 0.533. The van der Waals surface area contributed by atoms with Crippen LogP contribution in [-0.4, -0.2) is 17.2 Å². The Morgan fingerprint density at radius 3 is 2.26 bits per heavy atom. The van der Waals surface area contributed by atoms with E-state index < -0.39 is 17.5 Å². The lowest BCUT2D eigenvalue weighted by atomic mass is 9.73. The van der Waals surface area contributed by atoms with Gasteiger partial charge in [0, 0.05) is 11.4 Å². The maximum Gasteiger partial charge on any atom is 0.0515 e. The molecule has 0 bridgehead atoms. The van der Waals surface area contributed by atoms with E-state index >= 15 is 0 Å². The number of aliphatic hydroxyl groups excluding tert-OH is 1. The third-order valence-electron chi connectivity index (χ3n) is 3.50. The Kier molecular flexibility index (Phi) is 6.73. The molecule has 0 aliphatic rings. The third kappa shape index (κ3) is 5.01. The van der Waals surface area contributed by atoms with Gasteiger partial charge in [0.15, 0.2) is 0 Å². The van der Waals surface area contributed by atoms with Crippen molar-refractivity contribution < 1.29 is 15.0 Å². The van der Waals surface area contributed by atoms with Gasteiger partial charge in [-0.2, -0.15) is 0 Å². The second kappa shape index (κ2) is 7.26. The number of quaternary nitrogens is 1. The van der Waals surface area contributed by atoms with E-state index in [9.17, 15) is 15.0 Å². The molecule has 0 radical (unpaired) electrons. The average molecular weight is 267 g/mol. The Morgan fingerprint density at radius 2 is 1.84 bits per heavy atom. The van der Waals surface area contributed by atoms with Gasteiger partial charge >= 0.3 is 0 Å². The zero-order valence-electron chi connectivity index (χ0n) is 12.2. The number of hydrogen-bond donors (Lipinski definition) is 2. The number of aliphatic hydroxyl groups is 1. The molecule has 0 spiro atoms. The van der Waals surface area contributed by atoms with E-state index in [0.717, 1.165) is 5.56 Å². The molecule has 2 unspecified atom stereocenters. The fourth-order valence-corrected chi connectivity index (χ4v) is 2.11. The van der Waals surface area contributed by atoms with Crippen molar-refractivity contribution in [2.75, 3.05) is 0 Å². The number of rotatable bonds is 6. The summed E-state index contributed by atoms with van der Waals surface area (Å²) in [6, 6.07) is 9.74. The van der Waals surface area contributed by atoms with Crippen LogP contribution in [-0.2, 0) is 11.2 Å². The van der Waals surface area contributed by atoms with E-state index in [0.29, 0.717) is 12.8 Å². The quantitative estimate of drug-likeness (QED) is 0.822. The van der Waals surface area contributed by atoms with Crippen LogP contribution in [0.3, 0.4) is 0 Å². The van der Waals surface area contributed by atoms with Crippen LogP contribution in [0.15, 0.2) is 30.3 Å². The normalized spacial score (nSPS) is 14.3. The Labute approximate surface area is 115 Å². The Bertz CT molecular complexity index is 388. The molecule has 5 N–H and O–H groups in total. The predicted octanol–water partition coefficient (Wildman–Crippen LogP) is 1.77. The van der Waals surface area contributed by atoms with Gasteiger partial charge in [0.2, 0.25) is 0 Å². The van der Waals surface area contributed by atoms with Crippen molar-refractivity contribution in [1.82, 2.24) is 6.15 Å². The van der Waals surface area contributed by atoms with Crippen molar-refractivity contribution in [2.24, 2.45) is 11.3 Å². The summed E-state index contributed by atoms with van der Waals surface area (Å²) in [5.41, 5.74) is 0.129. The molecule has 0 aromatic heterocycles. The first-order valence-electron chi connectivity index (χ1n) is 6.27. The van der Waals surface area contributed by atoms with Gasteiger partial charge in [0.05, 0.1) is 6.10 Å². The lowest BCUT2D eigenvalue weighted by molar-refractivity contribution is -0.320. The lowest BCUT2D eigenvalue weighted by Crippen LogP contribution is -2.44. The molecule has 4 heteroatoms. The van der Waals surface area contributed by atoms with Crippen LogP contribution in [0.1, 0.15) is 32.8 Å². The molecule has 0 saturated carbocycles. The van der Waals surface area contributed by atoms with Gasteiger partial charge in [-0.3, -0.25) is 0 Å². The summed E-state index contributed by atoms with van der Waals surface area (Å²) in [7, 11) is 0. The minimum Gasteiger partial charge on any atom is -0.550 e. The zero-order chi connectivity index (χ0) is 13.8. The number of hydrogen-bond acceptors (Lipinski definition) is 3. The standard InChI is InChI=1S/C15H22O3.H3N/c1-11(16)9-13(15(2,3)14(17)18)10-12-7-5-4-6-8-12;/h4-8,11,13,16H,9-10H2,1-3H3,(H,17,18);1H3. The Balaban J connectivity index is 0.00000324. The highest BCUT2D eigenvalue weighted by molar-refractivity contribution is 5.71. The number of carbonyl (C=O) groups excluding carboxylic acids is 1. The SMILES string of the molecule is CC(O)CC(Cc1ccccc1)C(C)(C)C(=O)[O-].[NH4+]. The fourth-order valence-electron chi connectivity index (χ4n) is 2.11. The largest absolute Gasteiger partial charge is 0.550 e. The van der Waals surface area contributed by atoms with Crippen LogP contribution in [0.5, 0.6) is 0 Å². The highest BCUT2D eigenvalue weighted by Crippen LogP contribution is 2.33. The van der Waals surface area contributed by atoms with Crippen LogP contribution < -0.4 is 11.3 Å². The van der Waals surface area contributed by atoms with Gasteiger partial charge in [-0.05, 0) is 31.2 Å². The molecule has 19 heavy (non-hydrogen) atoms. The first-order valence-corrected chi connectivity index (χ1v) is 6.27. The minimum atomic E-state index is -1.07. The summed E-state index contributed by atoms with van der Waals surface area (Å²) >= 11 is 0. The van der Waals surface area contributed by atoms with Crippen LogP contribution >= 0.6 is 0 Å². The predicted molar refractivity (Wildman–Crippen MR) is 74.7 cm³/mol. The minimum absolute atomic E-state index is 0. The van der Waals surface area contributed by atoms with Gasteiger partial charge < -0.3 is 21.2 Å². The molecule has 0 amide bonds. The van der Waals surface area contributed by atoms with Crippen LogP contribution in [0, 0.1) is 11.3 Å². The molecular weight excluding hydrogens is 242 g/mol. The van der Waals surface area contributed by atoms with Crippen molar-refractivity contribution in [3.63, 3.8) is 0 Å². The number of benzene rings is 1. The lowest BCUT2D eigenvalue weighted by Gasteiger charge is -2.36. The summed E-state index contributed by atoms with van der Waals surface area (Å²) in [4.78, 5) is 11.2. The Hall–Kier alpha value is -1.39. The van der Waals surface area contributed by atoms with E-state index in [1.165, 1.54) is 0 Å². The summed E-state index contributed by atoms with van der Waals surface area (Å²) in [6.07, 6.45) is 0.570. The van der Waals surface area contributed by atoms with E-state index in [2.05, 4.69) is 0 Å². The first kappa shape index (κ1) is 17.6. The number of aliphatic carboxylic acids is 1. The third-order valence-corrected chi connectivity index (χ3v) is 3.50. The van der Waals surface area contributed by atoms with Gasteiger partial charge in [-0.1, -0.05) is 44.2 Å². The maximum atomic E-state index is 11.2. The molecule has 0 fully saturated rings. The number of carboxylic acids is 1. The van der Waals surface area contributed by atoms with Crippen molar-refractivity contribution >= 4 is 5.97 Å². The molecular formula is C15H25NO3. The Morgan fingerprint density at radius 1 is 1.32 bits per heavy atom. The van der Waals surface area contributed by atoms with Gasteiger partial charge in [0.25, 0.3) is 0 Å². The highest BCUT2D eigenvalue weighted by atomic mass is 16.4. The number of carbonyl (C=O) groups is 1. The summed E-state index contributed by atoms with van der Waals surface area (Å²) < 4.78 is 0. The summed E-state index contributed by atoms with van der Waals surface area (Å²) in [5.74, 6) is -1.21. The maximum absolute atomic E-state index is 11.2. The monoisotopic (exact) mass is 267 g/mol. The smallest absolute Gasteiger partial charge is 0.0515 e. The summed E-state index contributed by atoms with van der Waals surface area (Å²) in [6.45, 7) is 5.01. The molecule has 1 aromatic rings. The van der Waals surface area contributed by atoms with E-state index in [1.54, 1.807) is 20.8 Å². The zero-order valence-corrected chi connectivity index (χ0v) is 12.2. The topological polar surface area (TPSA) is 96.9 Å². The van der Waals surface area contributed by atoms with Gasteiger partial charge in [0.1, 0.15) is 0 Å². The first-order chi connectivity index (χ1) is 8.34. The molecule has 0 aliphatic carbocycles. The molecule has 108 valence electrons. The van der Waals surface area contributed by atoms with Crippen LogP contribution in [0.25, 0.3) is 0 Å². The van der Waals surface area contributed by atoms with E-state index in [-0.39, 0.29) is 12.1 Å². The number of carboxylic acid groups (broad SMARTS) is 1. The molecule has 0 aliphatic heterocycles. The van der Waals surface area contributed by atoms with Crippen molar-refractivity contribution in [3.8, 4) is 0 Å². The van der Waals surface area contributed by atoms with Crippen molar-refractivity contribution in [2.45, 2.75) is 39.7 Å². The van der Waals surface area contributed by atoms with Crippen molar-refractivity contribution in [1.29, 1.82) is 0 Å². The molecule has 1 rings (SSSR count). The molecule has 2 atom stereocenters. The van der Waals surface area contributed by atoms with Crippen LogP contribution in [0.2, 0.25) is 0 Å². The second-order valence-corrected chi connectivity index (χ2v) is 5.48. The highest BCUT2D eigenvalue weighted by Gasteiger charge is 2.31. The summed E-state index contributed by atoms with van der Waals surface area (Å²) in [5, 5.41) is 20.8.